The maximum absolute atomic E-state index is 13.1. The minimum absolute atomic E-state index is 0.117. The van der Waals surface area contributed by atoms with E-state index in [-0.39, 0.29) is 11.7 Å². The van der Waals surface area contributed by atoms with E-state index in [2.05, 4.69) is 23.0 Å². The number of aryl methyl sites for hydroxylation is 2. The van der Waals surface area contributed by atoms with E-state index >= 15 is 0 Å². The molecular weight excluding hydrogens is 406 g/mol. The summed E-state index contributed by atoms with van der Waals surface area (Å²) in [7, 11) is 3.63. The Bertz CT molecular complexity index is 1260. The van der Waals surface area contributed by atoms with Gasteiger partial charge in [-0.15, -0.1) is 0 Å². The van der Waals surface area contributed by atoms with Crippen molar-refractivity contribution in [2.24, 2.45) is 20.0 Å². The van der Waals surface area contributed by atoms with Crippen LogP contribution in [0, 0.1) is 12.8 Å². The molecule has 3 aromatic heterocycles. The zero-order valence-corrected chi connectivity index (χ0v) is 19.1. The molecule has 168 valence electrons. The van der Waals surface area contributed by atoms with Crippen LogP contribution in [-0.2, 0) is 18.8 Å². The van der Waals surface area contributed by atoms with Gasteiger partial charge in [0.15, 0.2) is 5.52 Å². The van der Waals surface area contributed by atoms with Gasteiger partial charge in [0.25, 0.3) is 5.56 Å². The Labute approximate surface area is 186 Å². The Balaban J connectivity index is 1.61. The molecule has 0 spiro atoms. The topological polar surface area (TPSA) is 91.0 Å². The molecule has 32 heavy (non-hydrogen) atoms. The van der Waals surface area contributed by atoms with Gasteiger partial charge in [0, 0.05) is 32.4 Å². The van der Waals surface area contributed by atoms with Crippen LogP contribution in [0.3, 0.4) is 0 Å². The number of anilines is 1. The molecule has 9 nitrogen and oxygen atoms in total. The Hall–Kier alpha value is -3.07. The number of fused-ring (bicyclic) bond motifs is 1. The van der Waals surface area contributed by atoms with Gasteiger partial charge in [0.05, 0.1) is 25.0 Å². The number of hydrogen-bond donors (Lipinski definition) is 0. The molecule has 4 heterocycles. The number of allylic oxidation sites excluding steroid dienone is 2. The normalized spacial score (nSPS) is 21.8. The third-order valence-corrected chi connectivity index (χ3v) is 6.56. The second-order valence-corrected chi connectivity index (χ2v) is 8.95. The number of hydrogen-bond acceptors (Lipinski definition) is 7. The maximum atomic E-state index is 13.1. The third kappa shape index (κ3) is 3.70. The van der Waals surface area contributed by atoms with E-state index in [0.717, 1.165) is 36.1 Å². The third-order valence-electron chi connectivity index (χ3n) is 6.56. The summed E-state index contributed by atoms with van der Waals surface area (Å²) >= 11 is 0. The molecular formula is C23H29N7O2. The highest BCUT2D eigenvalue weighted by atomic mass is 16.5. The highest BCUT2D eigenvalue weighted by Gasteiger charge is 2.27. The lowest BCUT2D eigenvalue weighted by molar-refractivity contribution is 0.0392. The summed E-state index contributed by atoms with van der Waals surface area (Å²) in [6.45, 7) is 5.93. The van der Waals surface area contributed by atoms with Crippen LogP contribution in [0.25, 0.3) is 16.6 Å². The molecule has 0 N–H and O–H groups in total. The molecule has 9 heteroatoms. The first kappa shape index (κ1) is 20.8. The van der Waals surface area contributed by atoms with Crippen molar-refractivity contribution < 1.29 is 4.74 Å². The highest BCUT2D eigenvalue weighted by molar-refractivity contribution is 5.87. The predicted octanol–water partition coefficient (Wildman–Crippen LogP) is 2.55. The SMILES string of the molecule is Cc1nc2c(C3=CCC(C)CC3)nc(N3CCOC(c4cnn(C)c4)C3)nc2c(=O)n1C. The number of ether oxygens (including phenoxy) is 1. The minimum atomic E-state index is -0.140. The van der Waals surface area contributed by atoms with Crippen LogP contribution in [0.1, 0.15) is 49.4 Å². The van der Waals surface area contributed by atoms with Crippen molar-refractivity contribution >= 4 is 22.6 Å². The fourth-order valence-corrected chi connectivity index (χ4v) is 4.43. The van der Waals surface area contributed by atoms with E-state index in [1.54, 1.807) is 16.3 Å². The van der Waals surface area contributed by atoms with Crippen LogP contribution in [0.4, 0.5) is 5.95 Å². The molecule has 2 atom stereocenters. The number of aromatic nitrogens is 6. The van der Waals surface area contributed by atoms with E-state index in [4.69, 9.17) is 19.7 Å². The molecule has 0 aromatic carbocycles. The molecule has 2 aliphatic rings. The van der Waals surface area contributed by atoms with Crippen molar-refractivity contribution in [3.63, 3.8) is 0 Å². The second kappa shape index (κ2) is 8.12. The Morgan fingerprint density at radius 1 is 1.16 bits per heavy atom. The van der Waals surface area contributed by atoms with Crippen molar-refractivity contribution in [1.82, 2.24) is 29.3 Å². The number of morpholine rings is 1. The van der Waals surface area contributed by atoms with Gasteiger partial charge in [0.1, 0.15) is 17.4 Å². The lowest BCUT2D eigenvalue weighted by Gasteiger charge is -2.33. The first-order valence-electron chi connectivity index (χ1n) is 11.2. The maximum Gasteiger partial charge on any atom is 0.279 e. The van der Waals surface area contributed by atoms with Gasteiger partial charge in [-0.2, -0.15) is 5.10 Å². The predicted molar refractivity (Wildman–Crippen MR) is 122 cm³/mol. The van der Waals surface area contributed by atoms with Crippen LogP contribution < -0.4 is 10.5 Å². The number of rotatable bonds is 3. The summed E-state index contributed by atoms with van der Waals surface area (Å²) in [5.41, 5.74) is 3.82. The lowest BCUT2D eigenvalue weighted by Crippen LogP contribution is -2.39. The molecule has 0 radical (unpaired) electrons. The van der Waals surface area contributed by atoms with Gasteiger partial charge in [-0.1, -0.05) is 13.0 Å². The molecule has 3 aromatic rings. The van der Waals surface area contributed by atoms with E-state index in [9.17, 15) is 4.79 Å². The van der Waals surface area contributed by atoms with Gasteiger partial charge in [-0.05, 0) is 37.7 Å². The standard InChI is InChI=1S/C23H29N7O2/c1-14-5-7-16(8-6-14)19-20-21(22(31)29(4)15(2)25-20)27-23(26-19)30-9-10-32-18(13-30)17-11-24-28(3)12-17/h7,11-12,14,18H,5-6,8-10,13H2,1-4H3. The summed E-state index contributed by atoms with van der Waals surface area (Å²) in [4.78, 5) is 29.6. The van der Waals surface area contributed by atoms with Crippen molar-refractivity contribution in [2.45, 2.75) is 39.2 Å². The lowest BCUT2D eigenvalue weighted by atomic mass is 9.89. The summed E-state index contributed by atoms with van der Waals surface area (Å²) in [6, 6.07) is 0. The zero-order chi connectivity index (χ0) is 22.4. The summed E-state index contributed by atoms with van der Waals surface area (Å²) in [5.74, 6) is 1.88. The fraction of sp³-hybridized carbons (Fsp3) is 0.522. The largest absolute Gasteiger partial charge is 0.370 e. The van der Waals surface area contributed by atoms with E-state index in [0.29, 0.717) is 48.4 Å². The number of nitrogens with zero attached hydrogens (tertiary/aromatic N) is 7. The van der Waals surface area contributed by atoms with Crippen molar-refractivity contribution in [1.29, 1.82) is 0 Å². The molecule has 2 unspecified atom stereocenters. The van der Waals surface area contributed by atoms with Crippen molar-refractivity contribution in [3.8, 4) is 0 Å². The zero-order valence-electron chi connectivity index (χ0n) is 19.1. The highest BCUT2D eigenvalue weighted by Crippen LogP contribution is 2.33. The molecule has 0 amide bonds. The molecule has 1 saturated heterocycles. The van der Waals surface area contributed by atoms with E-state index in [1.807, 2.05) is 26.4 Å². The van der Waals surface area contributed by atoms with Gasteiger partial charge >= 0.3 is 0 Å². The molecule has 0 bridgehead atoms. The van der Waals surface area contributed by atoms with Crippen LogP contribution in [0.2, 0.25) is 0 Å². The summed E-state index contributed by atoms with van der Waals surface area (Å²) in [5, 5.41) is 4.27. The average molecular weight is 436 g/mol. The minimum Gasteiger partial charge on any atom is -0.370 e. The molecule has 0 saturated carbocycles. The smallest absolute Gasteiger partial charge is 0.279 e. The fourth-order valence-electron chi connectivity index (χ4n) is 4.43. The molecule has 5 rings (SSSR count). The van der Waals surface area contributed by atoms with Crippen LogP contribution >= 0.6 is 0 Å². The van der Waals surface area contributed by atoms with Gasteiger partial charge < -0.3 is 9.64 Å². The molecule has 1 aliphatic heterocycles. The van der Waals surface area contributed by atoms with Gasteiger partial charge in [-0.25, -0.2) is 15.0 Å². The molecule has 1 fully saturated rings. The quantitative estimate of drug-likeness (QED) is 0.624. The van der Waals surface area contributed by atoms with Crippen LogP contribution in [-0.4, -0.2) is 49.0 Å². The van der Waals surface area contributed by atoms with Crippen molar-refractivity contribution in [3.05, 3.63) is 45.9 Å². The first-order valence-corrected chi connectivity index (χ1v) is 11.2. The van der Waals surface area contributed by atoms with Gasteiger partial charge in [-0.3, -0.25) is 14.0 Å². The first-order chi connectivity index (χ1) is 15.4. The Morgan fingerprint density at radius 2 is 2.00 bits per heavy atom. The summed E-state index contributed by atoms with van der Waals surface area (Å²) < 4.78 is 9.32. The monoisotopic (exact) mass is 435 g/mol. The second-order valence-electron chi connectivity index (χ2n) is 8.95. The van der Waals surface area contributed by atoms with Crippen LogP contribution in [0.15, 0.2) is 23.3 Å². The Kier molecular flexibility index (Phi) is 5.28. The molecule has 1 aliphatic carbocycles. The van der Waals surface area contributed by atoms with E-state index < -0.39 is 0 Å². The van der Waals surface area contributed by atoms with Gasteiger partial charge in [0.2, 0.25) is 5.95 Å². The van der Waals surface area contributed by atoms with E-state index in [1.165, 1.54) is 0 Å². The van der Waals surface area contributed by atoms with Crippen LogP contribution in [0.5, 0.6) is 0 Å². The van der Waals surface area contributed by atoms with Crippen molar-refractivity contribution in [2.75, 3.05) is 24.6 Å². The average Bonchev–Trinajstić information content (AvgIpc) is 3.24. The Morgan fingerprint density at radius 3 is 2.72 bits per heavy atom. The summed E-state index contributed by atoms with van der Waals surface area (Å²) in [6.07, 6.45) is 9.00.